The smallest absolute Gasteiger partial charge is 0.342 e. The predicted octanol–water partition coefficient (Wildman–Crippen LogP) is 2.76. The van der Waals surface area contributed by atoms with Gasteiger partial charge in [-0.25, -0.2) is 14.5 Å². The SMILES string of the molecule is Cc1c(C(=O)OCC(=O)Nc2ccccc2C(=O)NCC(C)C)cnn1-c1ccccn1. The second-order valence-electron chi connectivity index (χ2n) is 7.52. The van der Waals surface area contributed by atoms with Crippen LogP contribution in [0, 0.1) is 12.8 Å². The van der Waals surface area contributed by atoms with Gasteiger partial charge in [-0.1, -0.05) is 32.0 Å². The molecule has 0 unspecified atom stereocenters. The van der Waals surface area contributed by atoms with Gasteiger partial charge < -0.3 is 15.4 Å². The largest absolute Gasteiger partial charge is 0.452 e. The number of para-hydroxylation sites is 1. The van der Waals surface area contributed by atoms with Crippen LogP contribution in [0.5, 0.6) is 0 Å². The number of carbonyl (C=O) groups excluding carboxylic acids is 3. The van der Waals surface area contributed by atoms with Gasteiger partial charge in [0.1, 0.15) is 5.56 Å². The fourth-order valence-electron chi connectivity index (χ4n) is 2.90. The number of pyridine rings is 1. The Morgan fingerprint density at radius 1 is 1.06 bits per heavy atom. The van der Waals surface area contributed by atoms with Gasteiger partial charge in [0, 0.05) is 12.7 Å². The van der Waals surface area contributed by atoms with Crippen molar-refractivity contribution >= 4 is 23.5 Å². The van der Waals surface area contributed by atoms with Crippen molar-refractivity contribution in [3.05, 3.63) is 71.7 Å². The number of hydrogen-bond donors (Lipinski definition) is 2. The third-order valence-corrected chi connectivity index (χ3v) is 4.55. The number of hydrogen-bond acceptors (Lipinski definition) is 6. The van der Waals surface area contributed by atoms with E-state index in [0.29, 0.717) is 35.2 Å². The molecule has 0 aliphatic carbocycles. The molecule has 0 saturated heterocycles. The Labute approximate surface area is 185 Å². The topological polar surface area (TPSA) is 115 Å². The molecule has 9 nitrogen and oxygen atoms in total. The molecule has 3 rings (SSSR count). The van der Waals surface area contributed by atoms with E-state index in [1.54, 1.807) is 49.5 Å². The third-order valence-electron chi connectivity index (χ3n) is 4.55. The minimum Gasteiger partial charge on any atom is -0.452 e. The standard InChI is InChI=1S/C23H25N5O4/c1-15(2)12-25-22(30)17-8-4-5-9-19(17)27-21(29)14-32-23(31)18-13-26-28(16(18)3)20-10-6-7-11-24-20/h4-11,13,15H,12,14H2,1-3H3,(H,25,30)(H,27,29). The zero-order valence-corrected chi connectivity index (χ0v) is 18.2. The van der Waals surface area contributed by atoms with Crippen molar-refractivity contribution in [2.45, 2.75) is 20.8 Å². The van der Waals surface area contributed by atoms with Crippen LogP contribution >= 0.6 is 0 Å². The molecule has 0 radical (unpaired) electrons. The molecule has 166 valence electrons. The highest BCUT2D eigenvalue weighted by Gasteiger charge is 2.19. The molecule has 0 bridgehead atoms. The molecule has 3 aromatic rings. The lowest BCUT2D eigenvalue weighted by Crippen LogP contribution is -2.29. The molecule has 1 aromatic carbocycles. The Balaban J connectivity index is 1.61. The van der Waals surface area contributed by atoms with Gasteiger partial charge in [0.25, 0.3) is 11.8 Å². The molecule has 0 atom stereocenters. The van der Waals surface area contributed by atoms with Crippen molar-refractivity contribution in [3.63, 3.8) is 0 Å². The third kappa shape index (κ3) is 5.57. The zero-order valence-electron chi connectivity index (χ0n) is 18.2. The highest BCUT2D eigenvalue weighted by atomic mass is 16.5. The number of nitrogens with one attached hydrogen (secondary N) is 2. The van der Waals surface area contributed by atoms with Gasteiger partial charge in [0.05, 0.1) is 23.1 Å². The van der Waals surface area contributed by atoms with E-state index in [1.807, 2.05) is 19.9 Å². The normalized spacial score (nSPS) is 10.6. The summed E-state index contributed by atoms with van der Waals surface area (Å²) < 4.78 is 6.66. The molecule has 0 spiro atoms. The molecule has 2 N–H and O–H groups in total. The Hall–Kier alpha value is -4.01. The predicted molar refractivity (Wildman–Crippen MR) is 119 cm³/mol. The van der Waals surface area contributed by atoms with Crippen LogP contribution in [-0.2, 0) is 9.53 Å². The van der Waals surface area contributed by atoms with E-state index in [9.17, 15) is 14.4 Å². The van der Waals surface area contributed by atoms with Crippen LogP contribution in [0.3, 0.4) is 0 Å². The van der Waals surface area contributed by atoms with Crippen LogP contribution in [-0.4, -0.2) is 45.7 Å². The fraction of sp³-hybridized carbons (Fsp3) is 0.261. The second-order valence-corrected chi connectivity index (χ2v) is 7.52. The summed E-state index contributed by atoms with van der Waals surface area (Å²) in [5.41, 5.74) is 1.45. The molecule has 9 heteroatoms. The monoisotopic (exact) mass is 435 g/mol. The van der Waals surface area contributed by atoms with Crippen LogP contribution in [0.2, 0.25) is 0 Å². The first-order valence-corrected chi connectivity index (χ1v) is 10.2. The summed E-state index contributed by atoms with van der Waals surface area (Å²) in [6, 6.07) is 12.0. The molecule has 0 aliphatic heterocycles. The number of benzene rings is 1. The summed E-state index contributed by atoms with van der Waals surface area (Å²) in [7, 11) is 0. The quantitative estimate of drug-likeness (QED) is 0.526. The van der Waals surface area contributed by atoms with Gasteiger partial charge in [-0.3, -0.25) is 9.59 Å². The van der Waals surface area contributed by atoms with Crippen LogP contribution in [0.25, 0.3) is 5.82 Å². The first kappa shape index (κ1) is 22.7. The first-order valence-electron chi connectivity index (χ1n) is 10.2. The van der Waals surface area contributed by atoms with Gasteiger partial charge in [-0.05, 0) is 37.1 Å². The number of ether oxygens (including phenoxy) is 1. The second kappa shape index (κ2) is 10.3. The van der Waals surface area contributed by atoms with Gasteiger partial charge in [-0.2, -0.15) is 5.10 Å². The number of anilines is 1. The van der Waals surface area contributed by atoms with Gasteiger partial charge in [0.2, 0.25) is 0 Å². The first-order chi connectivity index (χ1) is 15.4. The maximum absolute atomic E-state index is 12.5. The molecule has 2 amide bonds. The van der Waals surface area contributed by atoms with E-state index in [1.165, 1.54) is 10.9 Å². The maximum Gasteiger partial charge on any atom is 0.342 e. The van der Waals surface area contributed by atoms with Crippen molar-refractivity contribution < 1.29 is 19.1 Å². The van der Waals surface area contributed by atoms with Crippen molar-refractivity contribution in [2.75, 3.05) is 18.5 Å². The molecule has 0 saturated carbocycles. The summed E-state index contributed by atoms with van der Waals surface area (Å²) in [6.07, 6.45) is 3.00. The van der Waals surface area contributed by atoms with E-state index in [0.717, 1.165) is 0 Å². The Morgan fingerprint density at radius 3 is 2.53 bits per heavy atom. The van der Waals surface area contributed by atoms with E-state index in [4.69, 9.17) is 4.74 Å². The molecule has 2 aromatic heterocycles. The van der Waals surface area contributed by atoms with Crippen LogP contribution in [0.15, 0.2) is 54.9 Å². The average molecular weight is 435 g/mol. The summed E-state index contributed by atoms with van der Waals surface area (Å²) in [6.45, 7) is 5.71. The van der Waals surface area contributed by atoms with Gasteiger partial charge in [-0.15, -0.1) is 0 Å². The Morgan fingerprint density at radius 2 is 1.81 bits per heavy atom. The highest BCUT2D eigenvalue weighted by molar-refractivity contribution is 6.04. The van der Waals surface area contributed by atoms with Gasteiger partial charge >= 0.3 is 5.97 Å². The lowest BCUT2D eigenvalue weighted by atomic mass is 10.1. The van der Waals surface area contributed by atoms with Crippen molar-refractivity contribution in [3.8, 4) is 5.82 Å². The molecular formula is C23H25N5O4. The highest BCUT2D eigenvalue weighted by Crippen LogP contribution is 2.16. The zero-order chi connectivity index (χ0) is 23.1. The summed E-state index contributed by atoms with van der Waals surface area (Å²) >= 11 is 0. The molecule has 0 fully saturated rings. The van der Waals surface area contributed by atoms with E-state index < -0.39 is 18.5 Å². The molecule has 0 aliphatic rings. The number of rotatable bonds is 8. The minimum atomic E-state index is -0.678. The van der Waals surface area contributed by atoms with Crippen LogP contribution < -0.4 is 10.6 Å². The van der Waals surface area contributed by atoms with Gasteiger partial charge in [0.15, 0.2) is 12.4 Å². The Kier molecular flexibility index (Phi) is 7.33. The number of carbonyl (C=O) groups is 3. The molecule has 2 heterocycles. The lowest BCUT2D eigenvalue weighted by Gasteiger charge is -2.12. The summed E-state index contributed by atoms with van der Waals surface area (Å²) in [5.74, 6) is -0.663. The number of nitrogens with zero attached hydrogens (tertiary/aromatic N) is 3. The van der Waals surface area contributed by atoms with E-state index in [2.05, 4.69) is 20.7 Å². The maximum atomic E-state index is 12.5. The summed E-state index contributed by atoms with van der Waals surface area (Å²) in [5, 5.41) is 9.61. The van der Waals surface area contributed by atoms with E-state index in [-0.39, 0.29) is 11.5 Å². The molecular weight excluding hydrogens is 410 g/mol. The van der Waals surface area contributed by atoms with E-state index >= 15 is 0 Å². The fourth-order valence-corrected chi connectivity index (χ4v) is 2.90. The van der Waals surface area contributed by atoms with Crippen molar-refractivity contribution in [2.24, 2.45) is 5.92 Å². The molecule has 32 heavy (non-hydrogen) atoms. The number of esters is 1. The lowest BCUT2D eigenvalue weighted by molar-refractivity contribution is -0.119. The minimum absolute atomic E-state index is 0.233. The summed E-state index contributed by atoms with van der Waals surface area (Å²) in [4.78, 5) is 41.4. The van der Waals surface area contributed by atoms with Crippen molar-refractivity contribution in [1.29, 1.82) is 0 Å². The van der Waals surface area contributed by atoms with Crippen LogP contribution in [0.4, 0.5) is 5.69 Å². The average Bonchev–Trinajstić information content (AvgIpc) is 3.18. The Bertz CT molecular complexity index is 1110. The van der Waals surface area contributed by atoms with Crippen LogP contribution in [0.1, 0.15) is 40.3 Å². The number of amides is 2. The van der Waals surface area contributed by atoms with Crippen molar-refractivity contribution in [1.82, 2.24) is 20.1 Å². The number of aromatic nitrogens is 3.